The molecule has 20 heavy (non-hydrogen) atoms. The number of aromatic amines is 1. The number of hydrogen-bond acceptors (Lipinski definition) is 4. The summed E-state index contributed by atoms with van der Waals surface area (Å²) in [5.41, 5.74) is 2.69. The number of rotatable bonds is 3. The second-order valence-corrected chi connectivity index (χ2v) is 6.76. The van der Waals surface area contributed by atoms with E-state index in [1.54, 1.807) is 19.0 Å². The van der Waals surface area contributed by atoms with Crippen LogP contribution >= 0.6 is 11.3 Å². The van der Waals surface area contributed by atoms with Crippen molar-refractivity contribution in [3.8, 4) is 0 Å². The van der Waals surface area contributed by atoms with E-state index in [0.29, 0.717) is 5.69 Å². The Morgan fingerprint density at radius 3 is 2.90 bits per heavy atom. The van der Waals surface area contributed by atoms with Gasteiger partial charge in [-0.05, 0) is 19.1 Å². The van der Waals surface area contributed by atoms with E-state index in [-0.39, 0.29) is 5.91 Å². The first-order valence-electron chi connectivity index (χ1n) is 6.60. The number of aromatic nitrogens is 2. The molecule has 1 amide bonds. The number of thiophene rings is 1. The zero-order valence-electron chi connectivity index (χ0n) is 11.9. The Bertz CT molecular complexity index is 643. The van der Waals surface area contributed by atoms with Crippen LogP contribution in [-0.2, 0) is 19.6 Å². The predicted molar refractivity (Wildman–Crippen MR) is 78.6 cm³/mol. The first kappa shape index (κ1) is 13.3. The van der Waals surface area contributed by atoms with Gasteiger partial charge in [-0.15, -0.1) is 11.3 Å². The summed E-state index contributed by atoms with van der Waals surface area (Å²) in [6, 6.07) is 4.33. The maximum absolute atomic E-state index is 12.1. The Labute approximate surface area is 122 Å². The van der Waals surface area contributed by atoms with E-state index in [0.717, 1.165) is 30.9 Å². The summed E-state index contributed by atoms with van der Waals surface area (Å²) < 4.78 is 0. The van der Waals surface area contributed by atoms with Gasteiger partial charge >= 0.3 is 0 Å². The van der Waals surface area contributed by atoms with E-state index in [1.165, 1.54) is 9.75 Å². The van der Waals surface area contributed by atoms with Crippen LogP contribution in [0.4, 0.5) is 0 Å². The van der Waals surface area contributed by atoms with Crippen LogP contribution < -0.4 is 0 Å². The van der Waals surface area contributed by atoms with Crippen molar-refractivity contribution in [2.75, 3.05) is 14.1 Å². The standard InChI is InChI=1S/C14H18N4OS/c1-9-4-5-10(20-9)6-18-7-11-12(8-18)15-16-13(11)14(19)17(2)3/h4-5H,6-8H2,1-3H3,(H,15,16). The lowest BCUT2D eigenvalue weighted by Crippen LogP contribution is -2.24. The van der Waals surface area contributed by atoms with Crippen molar-refractivity contribution in [1.29, 1.82) is 0 Å². The molecule has 1 aliphatic rings. The van der Waals surface area contributed by atoms with E-state index in [2.05, 4.69) is 34.2 Å². The lowest BCUT2D eigenvalue weighted by Gasteiger charge is -2.14. The van der Waals surface area contributed by atoms with E-state index in [1.807, 2.05) is 11.3 Å². The number of fused-ring (bicyclic) bond motifs is 1. The molecule has 0 radical (unpaired) electrons. The van der Waals surface area contributed by atoms with Gasteiger partial charge in [0, 0.05) is 49.0 Å². The maximum atomic E-state index is 12.1. The SMILES string of the molecule is Cc1ccc(CN2Cc3[nH]nc(C(=O)N(C)C)c3C2)s1. The van der Waals surface area contributed by atoms with Gasteiger partial charge in [0.2, 0.25) is 0 Å². The van der Waals surface area contributed by atoms with Gasteiger partial charge in [-0.3, -0.25) is 14.8 Å². The number of H-pyrrole nitrogens is 1. The highest BCUT2D eigenvalue weighted by Crippen LogP contribution is 2.27. The molecule has 0 fully saturated rings. The quantitative estimate of drug-likeness (QED) is 0.940. The lowest BCUT2D eigenvalue weighted by molar-refractivity contribution is 0.0820. The molecular formula is C14H18N4OS. The number of carbonyl (C=O) groups excluding carboxylic acids is 1. The van der Waals surface area contributed by atoms with E-state index >= 15 is 0 Å². The Morgan fingerprint density at radius 1 is 1.45 bits per heavy atom. The van der Waals surface area contributed by atoms with Crippen LogP contribution in [0.25, 0.3) is 0 Å². The summed E-state index contributed by atoms with van der Waals surface area (Å²) in [4.78, 5) is 18.7. The Balaban J connectivity index is 1.74. The van der Waals surface area contributed by atoms with Crippen molar-refractivity contribution in [3.63, 3.8) is 0 Å². The summed E-state index contributed by atoms with van der Waals surface area (Å²) in [7, 11) is 3.51. The van der Waals surface area contributed by atoms with Crippen LogP contribution in [-0.4, -0.2) is 40.0 Å². The smallest absolute Gasteiger partial charge is 0.274 e. The molecule has 0 aliphatic carbocycles. The summed E-state index contributed by atoms with van der Waals surface area (Å²) in [6.45, 7) is 4.67. The molecule has 0 aromatic carbocycles. The molecule has 3 heterocycles. The Hall–Kier alpha value is -1.66. The van der Waals surface area contributed by atoms with Crippen LogP contribution in [0.5, 0.6) is 0 Å². The van der Waals surface area contributed by atoms with Gasteiger partial charge in [-0.25, -0.2) is 0 Å². The Kier molecular flexibility index (Phi) is 3.35. The van der Waals surface area contributed by atoms with Crippen molar-refractivity contribution in [2.24, 2.45) is 0 Å². The van der Waals surface area contributed by atoms with Gasteiger partial charge in [0.05, 0.1) is 5.69 Å². The Morgan fingerprint density at radius 2 is 2.25 bits per heavy atom. The molecule has 1 aliphatic heterocycles. The number of aryl methyl sites for hydroxylation is 1. The van der Waals surface area contributed by atoms with Crippen molar-refractivity contribution in [2.45, 2.75) is 26.6 Å². The molecule has 2 aromatic rings. The van der Waals surface area contributed by atoms with Crippen molar-refractivity contribution >= 4 is 17.2 Å². The van der Waals surface area contributed by atoms with Crippen molar-refractivity contribution in [3.05, 3.63) is 38.8 Å². The van der Waals surface area contributed by atoms with Crippen LogP contribution in [0.2, 0.25) is 0 Å². The van der Waals surface area contributed by atoms with E-state index < -0.39 is 0 Å². The van der Waals surface area contributed by atoms with Gasteiger partial charge in [0.15, 0.2) is 5.69 Å². The number of amides is 1. The summed E-state index contributed by atoms with van der Waals surface area (Å²) >= 11 is 1.83. The number of hydrogen-bond donors (Lipinski definition) is 1. The molecule has 1 N–H and O–H groups in total. The van der Waals surface area contributed by atoms with Crippen molar-refractivity contribution < 1.29 is 4.79 Å². The molecule has 106 valence electrons. The van der Waals surface area contributed by atoms with Crippen LogP contribution in [0.1, 0.15) is 31.5 Å². The minimum atomic E-state index is -0.0312. The summed E-state index contributed by atoms with van der Waals surface area (Å²) in [5, 5.41) is 7.17. The minimum absolute atomic E-state index is 0.0312. The fourth-order valence-electron chi connectivity index (χ4n) is 2.50. The molecule has 0 atom stereocenters. The van der Waals surface area contributed by atoms with Gasteiger partial charge in [-0.1, -0.05) is 0 Å². The third-order valence-electron chi connectivity index (χ3n) is 3.50. The number of nitrogens with zero attached hydrogens (tertiary/aromatic N) is 3. The highest BCUT2D eigenvalue weighted by atomic mass is 32.1. The van der Waals surface area contributed by atoms with Gasteiger partial charge in [-0.2, -0.15) is 5.10 Å². The number of nitrogens with one attached hydrogen (secondary N) is 1. The molecule has 5 nitrogen and oxygen atoms in total. The molecule has 3 rings (SSSR count). The van der Waals surface area contributed by atoms with Crippen LogP contribution in [0.15, 0.2) is 12.1 Å². The average Bonchev–Trinajstić information content (AvgIpc) is 3.04. The molecule has 0 spiro atoms. The van der Waals surface area contributed by atoms with Crippen LogP contribution in [0.3, 0.4) is 0 Å². The highest BCUT2D eigenvalue weighted by molar-refractivity contribution is 7.11. The largest absolute Gasteiger partial charge is 0.343 e. The monoisotopic (exact) mass is 290 g/mol. The third kappa shape index (κ3) is 2.36. The summed E-state index contributed by atoms with van der Waals surface area (Å²) in [6.07, 6.45) is 0. The zero-order chi connectivity index (χ0) is 14.3. The van der Waals surface area contributed by atoms with E-state index in [9.17, 15) is 4.79 Å². The topological polar surface area (TPSA) is 52.2 Å². The highest BCUT2D eigenvalue weighted by Gasteiger charge is 2.28. The van der Waals surface area contributed by atoms with Gasteiger partial charge < -0.3 is 4.90 Å². The number of carbonyl (C=O) groups is 1. The normalized spacial score (nSPS) is 14.6. The molecule has 2 aromatic heterocycles. The van der Waals surface area contributed by atoms with Crippen molar-refractivity contribution in [1.82, 2.24) is 20.0 Å². The lowest BCUT2D eigenvalue weighted by atomic mass is 10.2. The molecular weight excluding hydrogens is 272 g/mol. The second kappa shape index (κ2) is 5.03. The molecule has 0 bridgehead atoms. The first-order chi connectivity index (χ1) is 9.54. The first-order valence-corrected chi connectivity index (χ1v) is 7.41. The average molecular weight is 290 g/mol. The maximum Gasteiger partial charge on any atom is 0.274 e. The second-order valence-electron chi connectivity index (χ2n) is 5.39. The molecule has 6 heteroatoms. The van der Waals surface area contributed by atoms with Gasteiger partial charge in [0.1, 0.15) is 0 Å². The minimum Gasteiger partial charge on any atom is -0.343 e. The molecule has 0 saturated carbocycles. The summed E-state index contributed by atoms with van der Waals surface area (Å²) in [5.74, 6) is -0.0312. The zero-order valence-corrected chi connectivity index (χ0v) is 12.8. The fourth-order valence-corrected chi connectivity index (χ4v) is 3.43. The van der Waals surface area contributed by atoms with Crippen LogP contribution in [0, 0.1) is 6.92 Å². The molecule has 0 saturated heterocycles. The third-order valence-corrected chi connectivity index (χ3v) is 4.49. The molecule has 0 unspecified atom stereocenters. The predicted octanol–water partition coefficient (Wildman–Crippen LogP) is 2.00. The van der Waals surface area contributed by atoms with E-state index in [4.69, 9.17) is 0 Å². The van der Waals surface area contributed by atoms with Gasteiger partial charge in [0.25, 0.3) is 5.91 Å². The fraction of sp³-hybridized carbons (Fsp3) is 0.429.